The maximum absolute atomic E-state index is 11.9. The molecule has 1 rings (SSSR count). The van der Waals surface area contributed by atoms with Gasteiger partial charge in [0, 0.05) is 6.42 Å². The summed E-state index contributed by atoms with van der Waals surface area (Å²) in [7, 11) is 1.27. The molecule has 1 aromatic rings. The maximum atomic E-state index is 11.9. The highest BCUT2D eigenvalue weighted by Gasteiger charge is 2.16. The first kappa shape index (κ1) is 19.7. The molecule has 132 valence electrons. The van der Waals surface area contributed by atoms with Crippen LogP contribution in [0.25, 0.3) is 0 Å². The molecule has 0 aliphatic rings. The van der Waals surface area contributed by atoms with Gasteiger partial charge in [0.25, 0.3) is 5.91 Å². The Kier molecular flexibility index (Phi) is 7.95. The van der Waals surface area contributed by atoms with Crippen molar-refractivity contribution in [2.24, 2.45) is 0 Å². The van der Waals surface area contributed by atoms with E-state index in [0.717, 1.165) is 0 Å². The van der Waals surface area contributed by atoms with Gasteiger partial charge in [-0.15, -0.1) is 0 Å². The second-order valence-corrected chi connectivity index (χ2v) is 5.82. The van der Waals surface area contributed by atoms with Crippen molar-refractivity contribution in [3.05, 3.63) is 29.8 Å². The smallest absolute Gasteiger partial charge is 0.305 e. The third-order valence-electron chi connectivity index (χ3n) is 3.52. The van der Waals surface area contributed by atoms with Crippen LogP contribution < -0.4 is 10.1 Å². The minimum Gasteiger partial charge on any atom is -0.481 e. The van der Waals surface area contributed by atoms with E-state index in [1.165, 1.54) is 12.7 Å². The predicted octanol–water partition coefficient (Wildman–Crippen LogP) is 2.22. The van der Waals surface area contributed by atoms with Crippen LogP contribution >= 0.6 is 0 Å². The lowest BCUT2D eigenvalue weighted by Crippen LogP contribution is -2.39. The van der Waals surface area contributed by atoms with Gasteiger partial charge in [-0.1, -0.05) is 26.0 Å². The monoisotopic (exact) mass is 335 g/mol. The molecule has 1 unspecified atom stereocenters. The van der Waals surface area contributed by atoms with Gasteiger partial charge < -0.3 is 14.8 Å². The molecule has 0 bridgehead atoms. The minimum atomic E-state index is -0.719. The zero-order chi connectivity index (χ0) is 18.1. The van der Waals surface area contributed by atoms with Crippen LogP contribution in [0.2, 0.25) is 0 Å². The van der Waals surface area contributed by atoms with Crippen molar-refractivity contribution in [2.45, 2.75) is 45.6 Å². The molecule has 1 amide bonds. The lowest BCUT2D eigenvalue weighted by molar-refractivity contribution is -0.141. The molecular weight excluding hydrogens is 310 g/mol. The van der Waals surface area contributed by atoms with Crippen LogP contribution in [0, 0.1) is 0 Å². The number of esters is 1. The Bertz CT molecular complexity index is 565. The summed E-state index contributed by atoms with van der Waals surface area (Å²) >= 11 is 0. The molecule has 6 heteroatoms. The fraction of sp³-hybridized carbons (Fsp3) is 0.500. The summed E-state index contributed by atoms with van der Waals surface area (Å²) in [4.78, 5) is 34.5. The fourth-order valence-electron chi connectivity index (χ4n) is 1.95. The number of carbonyl (C=O) groups is 3. The topological polar surface area (TPSA) is 81.7 Å². The van der Waals surface area contributed by atoms with Gasteiger partial charge in [0.05, 0.1) is 20.1 Å². The molecule has 1 aromatic carbocycles. The lowest BCUT2D eigenvalue weighted by atomic mass is 10.0. The zero-order valence-electron chi connectivity index (χ0n) is 14.6. The van der Waals surface area contributed by atoms with Crippen molar-refractivity contribution in [3.8, 4) is 5.75 Å². The Labute approximate surface area is 142 Å². The first-order valence-corrected chi connectivity index (χ1v) is 7.96. The van der Waals surface area contributed by atoms with E-state index in [0.29, 0.717) is 11.7 Å². The van der Waals surface area contributed by atoms with Gasteiger partial charge in [0.15, 0.2) is 11.9 Å². The van der Waals surface area contributed by atoms with E-state index in [1.807, 2.05) is 24.3 Å². The summed E-state index contributed by atoms with van der Waals surface area (Å²) in [6.07, 6.45) is -0.665. The van der Waals surface area contributed by atoms with E-state index in [1.54, 1.807) is 6.92 Å². The van der Waals surface area contributed by atoms with Crippen LogP contribution in [0.4, 0.5) is 0 Å². The van der Waals surface area contributed by atoms with Gasteiger partial charge in [-0.2, -0.15) is 0 Å². The third-order valence-corrected chi connectivity index (χ3v) is 3.52. The molecule has 0 radical (unpaired) electrons. The number of rotatable bonds is 9. The molecule has 0 aromatic heterocycles. The number of nitrogens with one attached hydrogen (secondary N) is 1. The second kappa shape index (κ2) is 9.70. The number of hydrogen-bond donors (Lipinski definition) is 1. The number of ketones is 1. The van der Waals surface area contributed by atoms with Crippen molar-refractivity contribution >= 4 is 17.7 Å². The summed E-state index contributed by atoms with van der Waals surface area (Å²) in [6.45, 7) is 5.69. The van der Waals surface area contributed by atoms with E-state index in [-0.39, 0.29) is 31.1 Å². The third kappa shape index (κ3) is 6.81. The molecule has 24 heavy (non-hydrogen) atoms. The summed E-state index contributed by atoms with van der Waals surface area (Å²) in [5.74, 6) is -0.0392. The normalized spacial score (nSPS) is 11.7. The number of benzene rings is 1. The van der Waals surface area contributed by atoms with Crippen LogP contribution in [0.5, 0.6) is 5.75 Å². The predicted molar refractivity (Wildman–Crippen MR) is 89.9 cm³/mol. The maximum Gasteiger partial charge on any atom is 0.305 e. The van der Waals surface area contributed by atoms with Crippen molar-refractivity contribution in [2.75, 3.05) is 13.7 Å². The average Bonchev–Trinajstić information content (AvgIpc) is 2.57. The molecule has 1 atom stereocenters. The number of carbonyl (C=O) groups excluding carboxylic acids is 3. The highest BCUT2D eigenvalue weighted by molar-refractivity contribution is 5.89. The highest BCUT2D eigenvalue weighted by atomic mass is 16.5. The van der Waals surface area contributed by atoms with Crippen LogP contribution in [-0.4, -0.2) is 37.4 Å². The number of amides is 1. The van der Waals surface area contributed by atoms with Gasteiger partial charge in [-0.05, 0) is 30.5 Å². The largest absolute Gasteiger partial charge is 0.481 e. The quantitative estimate of drug-likeness (QED) is 0.700. The first-order valence-electron chi connectivity index (χ1n) is 7.96. The van der Waals surface area contributed by atoms with Gasteiger partial charge in [0.2, 0.25) is 0 Å². The van der Waals surface area contributed by atoms with Crippen LogP contribution in [0.3, 0.4) is 0 Å². The Morgan fingerprint density at radius 1 is 1.04 bits per heavy atom. The van der Waals surface area contributed by atoms with Crippen LogP contribution in [-0.2, 0) is 19.1 Å². The Morgan fingerprint density at radius 2 is 1.67 bits per heavy atom. The minimum absolute atomic E-state index is 0.0134. The van der Waals surface area contributed by atoms with E-state index >= 15 is 0 Å². The fourth-order valence-corrected chi connectivity index (χ4v) is 1.95. The molecular formula is C18H25NO5. The van der Waals surface area contributed by atoms with E-state index < -0.39 is 12.1 Å². The molecule has 0 heterocycles. The number of methoxy groups -OCH3 is 1. The molecule has 0 fully saturated rings. The SMILES string of the molecule is COC(=O)CCC(=O)CNC(=O)C(C)Oc1ccc(C(C)C)cc1. The Morgan fingerprint density at radius 3 is 2.21 bits per heavy atom. The molecule has 1 N–H and O–H groups in total. The molecule has 0 aliphatic carbocycles. The van der Waals surface area contributed by atoms with E-state index in [4.69, 9.17) is 4.74 Å². The van der Waals surface area contributed by atoms with Crippen molar-refractivity contribution in [1.29, 1.82) is 0 Å². The summed E-state index contributed by atoms with van der Waals surface area (Å²) in [5, 5.41) is 2.51. The van der Waals surface area contributed by atoms with Crippen molar-refractivity contribution in [1.82, 2.24) is 5.32 Å². The van der Waals surface area contributed by atoms with Crippen LogP contribution in [0.1, 0.15) is 45.1 Å². The Hall–Kier alpha value is -2.37. The standard InChI is InChI=1S/C18H25NO5/c1-12(2)14-5-8-16(9-6-14)24-13(3)18(22)19-11-15(20)7-10-17(21)23-4/h5-6,8-9,12-13H,7,10-11H2,1-4H3,(H,19,22). The van der Waals surface area contributed by atoms with E-state index in [2.05, 4.69) is 23.9 Å². The molecule has 0 aliphatic heterocycles. The van der Waals surface area contributed by atoms with Gasteiger partial charge in [-0.3, -0.25) is 14.4 Å². The van der Waals surface area contributed by atoms with Gasteiger partial charge in [-0.25, -0.2) is 0 Å². The zero-order valence-corrected chi connectivity index (χ0v) is 14.6. The van der Waals surface area contributed by atoms with Crippen LogP contribution in [0.15, 0.2) is 24.3 Å². The highest BCUT2D eigenvalue weighted by Crippen LogP contribution is 2.19. The van der Waals surface area contributed by atoms with Crippen molar-refractivity contribution < 1.29 is 23.9 Å². The molecule has 0 spiro atoms. The molecule has 6 nitrogen and oxygen atoms in total. The average molecular weight is 335 g/mol. The lowest BCUT2D eigenvalue weighted by Gasteiger charge is -2.15. The van der Waals surface area contributed by atoms with Crippen molar-refractivity contribution in [3.63, 3.8) is 0 Å². The van der Waals surface area contributed by atoms with Gasteiger partial charge in [0.1, 0.15) is 5.75 Å². The number of hydrogen-bond acceptors (Lipinski definition) is 5. The molecule has 0 saturated carbocycles. The Balaban J connectivity index is 2.39. The summed E-state index contributed by atoms with van der Waals surface area (Å²) < 4.78 is 10.0. The summed E-state index contributed by atoms with van der Waals surface area (Å²) in [5.41, 5.74) is 1.19. The van der Waals surface area contributed by atoms with Gasteiger partial charge >= 0.3 is 5.97 Å². The first-order chi connectivity index (χ1) is 11.3. The van der Waals surface area contributed by atoms with E-state index in [9.17, 15) is 14.4 Å². The summed E-state index contributed by atoms with van der Waals surface area (Å²) in [6, 6.07) is 7.56. The molecule has 0 saturated heterocycles. The number of ether oxygens (including phenoxy) is 2. The number of Topliss-reactive ketones (excluding diaryl/α,β-unsaturated/α-hetero) is 1. The second-order valence-electron chi connectivity index (χ2n) is 5.82.